The van der Waals surface area contributed by atoms with Crippen molar-refractivity contribution in [3.8, 4) is 11.5 Å². The molecule has 1 fully saturated rings. The van der Waals surface area contributed by atoms with Crippen molar-refractivity contribution in [2.45, 2.75) is 45.1 Å². The maximum atomic E-state index is 5.36. The van der Waals surface area contributed by atoms with E-state index in [9.17, 15) is 0 Å². The van der Waals surface area contributed by atoms with E-state index in [1.807, 2.05) is 18.2 Å². The SMILES string of the molecule is S=C(NCc1ccc2c(c1)OCO2)NN=C1CCCCCC1. The van der Waals surface area contributed by atoms with Gasteiger partial charge in [0.05, 0.1) is 0 Å². The number of hydrogen-bond acceptors (Lipinski definition) is 4. The van der Waals surface area contributed by atoms with E-state index in [-0.39, 0.29) is 0 Å². The fourth-order valence-corrected chi connectivity index (χ4v) is 2.77. The summed E-state index contributed by atoms with van der Waals surface area (Å²) in [6.07, 6.45) is 7.25. The summed E-state index contributed by atoms with van der Waals surface area (Å²) in [6, 6.07) is 5.89. The number of rotatable bonds is 3. The highest BCUT2D eigenvalue weighted by atomic mass is 32.1. The van der Waals surface area contributed by atoms with Gasteiger partial charge in [-0.2, -0.15) is 5.10 Å². The molecule has 5 nitrogen and oxygen atoms in total. The second kappa shape index (κ2) is 7.45. The van der Waals surface area contributed by atoms with Crippen LogP contribution in [-0.4, -0.2) is 17.6 Å². The molecule has 2 aliphatic rings. The average molecular weight is 319 g/mol. The van der Waals surface area contributed by atoms with E-state index in [0.717, 1.165) is 29.9 Å². The van der Waals surface area contributed by atoms with Crippen molar-refractivity contribution in [3.05, 3.63) is 23.8 Å². The third-order valence-electron chi connectivity index (χ3n) is 3.89. The Morgan fingerprint density at radius 3 is 2.68 bits per heavy atom. The van der Waals surface area contributed by atoms with Gasteiger partial charge in [-0.05, 0) is 55.6 Å². The standard InChI is InChI=1S/C16H21N3O2S/c22-16(19-18-13-5-3-1-2-4-6-13)17-10-12-7-8-14-15(9-12)21-11-20-14/h7-9H,1-6,10-11H2,(H2,17,19,22). The van der Waals surface area contributed by atoms with Crippen molar-refractivity contribution >= 4 is 23.0 Å². The molecule has 22 heavy (non-hydrogen) atoms. The molecule has 0 spiro atoms. The number of hydrazone groups is 1. The fraction of sp³-hybridized carbons (Fsp3) is 0.500. The summed E-state index contributed by atoms with van der Waals surface area (Å²) in [5.74, 6) is 1.58. The van der Waals surface area contributed by atoms with Gasteiger partial charge in [0.1, 0.15) is 0 Å². The van der Waals surface area contributed by atoms with E-state index in [0.29, 0.717) is 18.5 Å². The van der Waals surface area contributed by atoms with Gasteiger partial charge in [0.25, 0.3) is 0 Å². The molecule has 1 aliphatic heterocycles. The molecule has 1 aliphatic carbocycles. The monoisotopic (exact) mass is 319 g/mol. The molecule has 2 N–H and O–H groups in total. The first-order valence-electron chi connectivity index (χ1n) is 7.79. The third-order valence-corrected chi connectivity index (χ3v) is 4.12. The Kier molecular flexibility index (Phi) is 5.11. The minimum absolute atomic E-state index is 0.295. The first-order chi connectivity index (χ1) is 10.8. The van der Waals surface area contributed by atoms with Gasteiger partial charge in [-0.3, -0.25) is 5.43 Å². The van der Waals surface area contributed by atoms with Crippen LogP contribution in [0.5, 0.6) is 11.5 Å². The Morgan fingerprint density at radius 2 is 1.86 bits per heavy atom. The van der Waals surface area contributed by atoms with Crippen LogP contribution in [0.1, 0.15) is 44.1 Å². The highest BCUT2D eigenvalue weighted by molar-refractivity contribution is 7.80. The van der Waals surface area contributed by atoms with Crippen LogP contribution >= 0.6 is 12.2 Å². The topological polar surface area (TPSA) is 54.9 Å². The number of ether oxygens (including phenoxy) is 2. The summed E-state index contributed by atoms with van der Waals surface area (Å²) in [5.41, 5.74) is 5.27. The number of benzene rings is 1. The lowest BCUT2D eigenvalue weighted by molar-refractivity contribution is 0.174. The van der Waals surface area contributed by atoms with Crippen molar-refractivity contribution in [1.29, 1.82) is 0 Å². The number of thiocarbonyl (C=S) groups is 1. The van der Waals surface area contributed by atoms with Crippen LogP contribution < -0.4 is 20.2 Å². The Balaban J connectivity index is 1.46. The number of fused-ring (bicyclic) bond motifs is 1. The van der Waals surface area contributed by atoms with Gasteiger partial charge in [0.2, 0.25) is 6.79 Å². The summed E-state index contributed by atoms with van der Waals surface area (Å²) >= 11 is 5.27. The lowest BCUT2D eigenvalue weighted by atomic mass is 10.2. The molecule has 0 atom stereocenters. The maximum absolute atomic E-state index is 5.36. The van der Waals surface area contributed by atoms with Crippen LogP contribution in [0, 0.1) is 0 Å². The molecule has 1 heterocycles. The number of nitrogens with one attached hydrogen (secondary N) is 2. The Labute approximate surface area is 136 Å². The summed E-state index contributed by atoms with van der Waals surface area (Å²) in [6.45, 7) is 0.928. The summed E-state index contributed by atoms with van der Waals surface area (Å²) in [5, 5.41) is 8.14. The van der Waals surface area contributed by atoms with E-state index >= 15 is 0 Å². The third kappa shape index (κ3) is 4.10. The van der Waals surface area contributed by atoms with Gasteiger partial charge in [-0.25, -0.2) is 0 Å². The molecule has 0 amide bonds. The molecule has 1 aromatic rings. The van der Waals surface area contributed by atoms with Crippen LogP contribution in [0.25, 0.3) is 0 Å². The lowest BCUT2D eigenvalue weighted by Gasteiger charge is -2.09. The minimum Gasteiger partial charge on any atom is -0.454 e. The molecular formula is C16H21N3O2S. The Hall–Kier alpha value is -1.82. The molecule has 3 rings (SSSR count). The smallest absolute Gasteiger partial charge is 0.231 e. The van der Waals surface area contributed by atoms with Crippen LogP contribution in [-0.2, 0) is 6.54 Å². The van der Waals surface area contributed by atoms with Crippen LogP contribution in [0.3, 0.4) is 0 Å². The second-order valence-electron chi connectivity index (χ2n) is 5.57. The van der Waals surface area contributed by atoms with Crippen molar-refractivity contribution in [1.82, 2.24) is 10.7 Å². The van der Waals surface area contributed by atoms with Gasteiger partial charge in [0.15, 0.2) is 16.6 Å². The lowest BCUT2D eigenvalue weighted by Crippen LogP contribution is -2.32. The molecule has 1 saturated carbocycles. The first kappa shape index (κ1) is 15.1. The zero-order valence-electron chi connectivity index (χ0n) is 12.6. The van der Waals surface area contributed by atoms with Gasteiger partial charge in [-0.1, -0.05) is 18.9 Å². The summed E-state index contributed by atoms with van der Waals surface area (Å²) < 4.78 is 10.7. The van der Waals surface area contributed by atoms with Gasteiger partial charge >= 0.3 is 0 Å². The molecule has 0 bridgehead atoms. The maximum Gasteiger partial charge on any atom is 0.231 e. The molecule has 1 aromatic carbocycles. The summed E-state index contributed by atoms with van der Waals surface area (Å²) in [4.78, 5) is 0. The van der Waals surface area contributed by atoms with Crippen molar-refractivity contribution in [2.24, 2.45) is 5.10 Å². The van der Waals surface area contributed by atoms with Crippen LogP contribution in [0.4, 0.5) is 0 Å². The van der Waals surface area contributed by atoms with E-state index in [1.54, 1.807) is 0 Å². The molecule has 118 valence electrons. The van der Waals surface area contributed by atoms with Gasteiger partial charge in [-0.15, -0.1) is 0 Å². The molecular weight excluding hydrogens is 298 g/mol. The van der Waals surface area contributed by atoms with Crippen LogP contribution in [0.15, 0.2) is 23.3 Å². The molecule has 0 saturated heterocycles. The van der Waals surface area contributed by atoms with E-state index in [4.69, 9.17) is 21.7 Å². The molecule has 0 unspecified atom stereocenters. The van der Waals surface area contributed by atoms with Crippen LogP contribution in [0.2, 0.25) is 0 Å². The zero-order chi connectivity index (χ0) is 15.2. The van der Waals surface area contributed by atoms with Crippen molar-refractivity contribution in [3.63, 3.8) is 0 Å². The van der Waals surface area contributed by atoms with Gasteiger partial charge in [0, 0.05) is 12.3 Å². The van der Waals surface area contributed by atoms with Crippen molar-refractivity contribution in [2.75, 3.05) is 6.79 Å². The summed E-state index contributed by atoms with van der Waals surface area (Å²) in [7, 11) is 0. The molecule has 6 heteroatoms. The quantitative estimate of drug-likeness (QED) is 0.509. The highest BCUT2D eigenvalue weighted by Crippen LogP contribution is 2.32. The van der Waals surface area contributed by atoms with Gasteiger partial charge < -0.3 is 14.8 Å². The fourth-order valence-electron chi connectivity index (χ4n) is 2.65. The Morgan fingerprint density at radius 1 is 1.09 bits per heavy atom. The first-order valence-corrected chi connectivity index (χ1v) is 8.20. The average Bonchev–Trinajstić information content (AvgIpc) is 2.84. The number of nitrogens with zero attached hydrogens (tertiary/aromatic N) is 1. The predicted molar refractivity (Wildman–Crippen MR) is 90.3 cm³/mol. The second-order valence-corrected chi connectivity index (χ2v) is 5.98. The predicted octanol–water partition coefficient (Wildman–Crippen LogP) is 3.09. The normalized spacial score (nSPS) is 16.8. The van der Waals surface area contributed by atoms with E-state index in [2.05, 4.69) is 15.8 Å². The zero-order valence-corrected chi connectivity index (χ0v) is 13.4. The Bertz CT molecular complexity index is 565. The molecule has 0 radical (unpaired) electrons. The largest absolute Gasteiger partial charge is 0.454 e. The van der Waals surface area contributed by atoms with E-state index < -0.39 is 0 Å². The van der Waals surface area contributed by atoms with Crippen molar-refractivity contribution < 1.29 is 9.47 Å². The highest BCUT2D eigenvalue weighted by Gasteiger charge is 2.13. The molecule has 0 aromatic heterocycles. The minimum atomic E-state index is 0.295. The van der Waals surface area contributed by atoms with E-state index in [1.165, 1.54) is 31.4 Å². The number of hydrogen-bond donors (Lipinski definition) is 2.